The molecule has 8 nitrogen and oxygen atoms in total. The summed E-state index contributed by atoms with van der Waals surface area (Å²) in [6.07, 6.45) is 1.23. The molecule has 1 aromatic carbocycles. The van der Waals surface area contributed by atoms with Crippen LogP contribution in [0, 0.1) is 5.82 Å². The number of likely N-dealkylation sites (N-methyl/N-ethyl adjacent to an activating group) is 1. The highest BCUT2D eigenvalue weighted by Gasteiger charge is 2.54. The number of hydrogen-bond acceptors (Lipinski definition) is 6. The monoisotopic (exact) mass is 373 g/mol. The van der Waals surface area contributed by atoms with Gasteiger partial charge in [-0.05, 0) is 31.2 Å². The molecule has 3 aliphatic heterocycles. The Morgan fingerprint density at radius 3 is 2.59 bits per heavy atom. The second kappa shape index (κ2) is 6.34. The van der Waals surface area contributed by atoms with Crippen molar-refractivity contribution in [1.82, 2.24) is 14.7 Å². The van der Waals surface area contributed by atoms with Gasteiger partial charge in [0.15, 0.2) is 12.2 Å². The highest BCUT2D eigenvalue weighted by Crippen LogP contribution is 2.36. The predicted octanol–water partition coefficient (Wildman–Crippen LogP) is 1.41. The van der Waals surface area contributed by atoms with Gasteiger partial charge in [-0.3, -0.25) is 14.6 Å². The van der Waals surface area contributed by atoms with Crippen LogP contribution in [0.15, 0.2) is 41.2 Å². The van der Waals surface area contributed by atoms with Gasteiger partial charge in [-0.15, -0.1) is 0 Å². The maximum Gasteiger partial charge on any atom is 0.328 e. The number of amides is 3. The van der Waals surface area contributed by atoms with Gasteiger partial charge in [0.2, 0.25) is 5.96 Å². The number of halogens is 1. The van der Waals surface area contributed by atoms with Gasteiger partial charge in [0.05, 0.1) is 13.2 Å². The molecule has 0 aliphatic carbocycles. The number of hydrogen-bond donors (Lipinski definition) is 0. The second-order valence-electron chi connectivity index (χ2n) is 6.65. The van der Waals surface area contributed by atoms with E-state index in [4.69, 9.17) is 4.74 Å². The summed E-state index contributed by atoms with van der Waals surface area (Å²) in [5.74, 6) is -0.0765. The Balaban J connectivity index is 1.68. The molecule has 1 aromatic rings. The molecular formula is C18H20FN5O3. The molecule has 3 amide bonds. The van der Waals surface area contributed by atoms with Gasteiger partial charge in [-0.1, -0.05) is 0 Å². The molecule has 9 heteroatoms. The van der Waals surface area contributed by atoms with Crippen LogP contribution in [-0.4, -0.2) is 72.1 Å². The number of rotatable bonds is 4. The van der Waals surface area contributed by atoms with E-state index < -0.39 is 18.2 Å². The number of allylic oxidation sites excluding steroid dienone is 1. The first-order chi connectivity index (χ1) is 12.9. The lowest BCUT2D eigenvalue weighted by molar-refractivity contribution is -0.137. The summed E-state index contributed by atoms with van der Waals surface area (Å²) in [5, 5.41) is 0. The first-order valence-corrected chi connectivity index (χ1v) is 8.61. The molecule has 0 N–H and O–H groups in total. The van der Waals surface area contributed by atoms with E-state index in [0.29, 0.717) is 5.96 Å². The number of guanidine groups is 1. The Morgan fingerprint density at radius 2 is 1.93 bits per heavy atom. The minimum atomic E-state index is -0.625. The van der Waals surface area contributed by atoms with Crippen molar-refractivity contribution in [1.29, 1.82) is 0 Å². The molecule has 0 aromatic heterocycles. The standard InChI is InChI=1S/C18H20FN5O3/c1-11-10-23-14-15(21(2)18(26)22(16(14)25)8-9-27-3)20-17(23)24(11)13-6-4-12(19)5-7-13/h4-7,10,14-15H,8-9H2,1-3H3. The van der Waals surface area contributed by atoms with Crippen LogP contribution in [0.5, 0.6) is 0 Å². The molecule has 2 unspecified atom stereocenters. The number of imide groups is 1. The third-order valence-electron chi connectivity index (χ3n) is 4.99. The lowest BCUT2D eigenvalue weighted by Crippen LogP contribution is -2.64. The van der Waals surface area contributed by atoms with Crippen molar-refractivity contribution < 1.29 is 18.7 Å². The number of ether oxygens (including phenoxy) is 1. The van der Waals surface area contributed by atoms with E-state index in [9.17, 15) is 14.0 Å². The molecule has 27 heavy (non-hydrogen) atoms. The summed E-state index contributed by atoms with van der Waals surface area (Å²) in [5.41, 5.74) is 1.59. The second-order valence-corrected chi connectivity index (χ2v) is 6.65. The molecule has 2 atom stereocenters. The molecule has 0 radical (unpaired) electrons. The number of nitrogens with zero attached hydrogens (tertiary/aromatic N) is 5. The number of aliphatic imine (C=N–C) groups is 1. The summed E-state index contributed by atoms with van der Waals surface area (Å²) >= 11 is 0. The lowest BCUT2D eigenvalue weighted by atomic mass is 10.1. The molecule has 3 heterocycles. The summed E-state index contributed by atoms with van der Waals surface area (Å²) in [4.78, 5) is 36.5. The van der Waals surface area contributed by atoms with Crippen LogP contribution in [0.1, 0.15) is 6.92 Å². The number of carbonyl (C=O) groups excluding carboxylic acids is 2. The molecule has 1 saturated heterocycles. The highest BCUT2D eigenvalue weighted by atomic mass is 19.1. The quantitative estimate of drug-likeness (QED) is 0.798. The third-order valence-corrected chi connectivity index (χ3v) is 4.99. The topological polar surface area (TPSA) is 68.7 Å². The van der Waals surface area contributed by atoms with Crippen molar-refractivity contribution >= 4 is 23.6 Å². The summed E-state index contributed by atoms with van der Waals surface area (Å²) in [6, 6.07) is 5.05. The minimum Gasteiger partial charge on any atom is -0.383 e. The molecule has 3 aliphatic rings. The highest BCUT2D eigenvalue weighted by molar-refractivity contribution is 6.09. The SMILES string of the molecule is COCCN1C(=O)C2C(N=C3N(c4ccc(F)cc4)C(C)=CN32)N(C)C1=O. The van der Waals surface area contributed by atoms with E-state index in [1.165, 1.54) is 29.0 Å². The predicted molar refractivity (Wildman–Crippen MR) is 96.2 cm³/mol. The van der Waals surface area contributed by atoms with Crippen LogP contribution in [0.2, 0.25) is 0 Å². The van der Waals surface area contributed by atoms with Crippen LogP contribution >= 0.6 is 0 Å². The van der Waals surface area contributed by atoms with E-state index in [0.717, 1.165) is 11.4 Å². The van der Waals surface area contributed by atoms with Crippen molar-refractivity contribution in [3.05, 3.63) is 42.0 Å². The molecule has 4 rings (SSSR count). The van der Waals surface area contributed by atoms with Gasteiger partial charge in [-0.25, -0.2) is 14.2 Å². The van der Waals surface area contributed by atoms with Gasteiger partial charge in [0.25, 0.3) is 5.91 Å². The number of methoxy groups -OCH3 is 1. The Kier molecular flexibility index (Phi) is 4.11. The fourth-order valence-corrected chi connectivity index (χ4v) is 3.65. The Hall–Kier alpha value is -2.94. The Bertz CT molecular complexity index is 853. The molecule has 0 saturated carbocycles. The maximum atomic E-state index is 13.3. The molecule has 0 spiro atoms. The zero-order valence-corrected chi connectivity index (χ0v) is 15.3. The lowest BCUT2D eigenvalue weighted by Gasteiger charge is -2.40. The van der Waals surface area contributed by atoms with Crippen LogP contribution in [0.25, 0.3) is 0 Å². The van der Waals surface area contributed by atoms with E-state index in [-0.39, 0.29) is 24.9 Å². The number of anilines is 1. The molecule has 1 fully saturated rings. The van der Waals surface area contributed by atoms with E-state index in [1.807, 2.05) is 18.0 Å². The van der Waals surface area contributed by atoms with Gasteiger partial charge in [0.1, 0.15) is 5.82 Å². The van der Waals surface area contributed by atoms with Crippen LogP contribution in [0.4, 0.5) is 14.9 Å². The average molecular weight is 373 g/mol. The fourth-order valence-electron chi connectivity index (χ4n) is 3.65. The number of urea groups is 1. The van der Waals surface area contributed by atoms with Crippen molar-refractivity contribution in [3.63, 3.8) is 0 Å². The first kappa shape index (κ1) is 17.5. The Labute approximate surface area is 156 Å². The van der Waals surface area contributed by atoms with Crippen molar-refractivity contribution in [2.45, 2.75) is 19.1 Å². The molecule has 142 valence electrons. The Morgan fingerprint density at radius 1 is 1.22 bits per heavy atom. The minimum absolute atomic E-state index is 0.190. The number of fused-ring (bicyclic) bond motifs is 3. The zero-order chi connectivity index (χ0) is 19.3. The van der Waals surface area contributed by atoms with Crippen LogP contribution in [0.3, 0.4) is 0 Å². The smallest absolute Gasteiger partial charge is 0.328 e. The first-order valence-electron chi connectivity index (χ1n) is 8.61. The van der Waals surface area contributed by atoms with E-state index in [1.54, 1.807) is 24.1 Å². The number of carbonyl (C=O) groups is 2. The van der Waals surface area contributed by atoms with Gasteiger partial charge in [0, 0.05) is 31.7 Å². The van der Waals surface area contributed by atoms with E-state index in [2.05, 4.69) is 4.99 Å². The molecule has 0 bridgehead atoms. The van der Waals surface area contributed by atoms with Crippen LogP contribution < -0.4 is 4.90 Å². The summed E-state index contributed by atoms with van der Waals surface area (Å²) in [7, 11) is 3.16. The zero-order valence-electron chi connectivity index (χ0n) is 15.3. The molecular weight excluding hydrogens is 353 g/mol. The fraction of sp³-hybridized carbons (Fsp3) is 0.389. The van der Waals surface area contributed by atoms with Gasteiger partial charge >= 0.3 is 6.03 Å². The van der Waals surface area contributed by atoms with E-state index >= 15 is 0 Å². The van der Waals surface area contributed by atoms with Crippen LogP contribution in [-0.2, 0) is 9.53 Å². The normalized spacial score (nSPS) is 24.3. The summed E-state index contributed by atoms with van der Waals surface area (Å²) in [6.45, 7) is 2.35. The van der Waals surface area contributed by atoms with Crippen molar-refractivity contribution in [3.8, 4) is 0 Å². The maximum absolute atomic E-state index is 13.3. The van der Waals surface area contributed by atoms with Crippen molar-refractivity contribution in [2.75, 3.05) is 32.2 Å². The average Bonchev–Trinajstić information content (AvgIpc) is 3.15. The number of benzene rings is 1. The summed E-state index contributed by atoms with van der Waals surface area (Å²) < 4.78 is 18.3. The van der Waals surface area contributed by atoms with Crippen molar-refractivity contribution in [2.24, 2.45) is 4.99 Å². The largest absolute Gasteiger partial charge is 0.383 e. The van der Waals surface area contributed by atoms with Gasteiger partial charge in [-0.2, -0.15) is 0 Å². The third kappa shape index (κ3) is 2.57. The van der Waals surface area contributed by atoms with Gasteiger partial charge < -0.3 is 14.5 Å².